The summed E-state index contributed by atoms with van der Waals surface area (Å²) >= 11 is 0. The van der Waals surface area contributed by atoms with Gasteiger partial charge < -0.3 is 20.3 Å². The lowest BCUT2D eigenvalue weighted by Gasteiger charge is -2.25. The molecule has 3 N–H and O–H groups in total. The molecule has 150 valence electrons. The maximum Gasteiger partial charge on any atom is 0.228 e. The van der Waals surface area contributed by atoms with E-state index < -0.39 is 11.9 Å². The van der Waals surface area contributed by atoms with Gasteiger partial charge in [-0.15, -0.1) is 0 Å². The number of aliphatic hydroxyl groups excluding tert-OH is 1. The fourth-order valence-electron chi connectivity index (χ4n) is 3.69. The second-order valence-electron chi connectivity index (χ2n) is 7.71. The molecule has 9 heteroatoms. The molecule has 2 aromatic heterocycles. The molecule has 2 aromatic rings. The Labute approximate surface area is 163 Å². The summed E-state index contributed by atoms with van der Waals surface area (Å²) in [4.78, 5) is 17.7. The number of aryl methyl sites for hydroxylation is 1. The van der Waals surface area contributed by atoms with Crippen LogP contribution in [-0.2, 0) is 13.0 Å². The van der Waals surface area contributed by atoms with Crippen LogP contribution in [0.25, 0.3) is 5.57 Å². The molecule has 0 spiro atoms. The highest BCUT2D eigenvalue weighted by Gasteiger charge is 2.26. The number of nitrogens with zero attached hydrogens (tertiary/aromatic N) is 5. The summed E-state index contributed by atoms with van der Waals surface area (Å²) in [5.74, 6) is 1.61. The van der Waals surface area contributed by atoms with Gasteiger partial charge in [-0.05, 0) is 39.5 Å². The average Bonchev–Trinajstić information content (AvgIpc) is 3.11. The molecule has 0 saturated carbocycles. The summed E-state index contributed by atoms with van der Waals surface area (Å²) in [5, 5.41) is 16.4. The molecule has 2 unspecified atom stereocenters. The van der Waals surface area contributed by atoms with E-state index in [1.165, 1.54) is 0 Å². The highest BCUT2D eigenvalue weighted by molar-refractivity contribution is 5.65. The Bertz CT molecular complexity index is 879. The van der Waals surface area contributed by atoms with E-state index in [0.717, 1.165) is 25.2 Å². The molecule has 4 rings (SSSR count). The van der Waals surface area contributed by atoms with Crippen molar-refractivity contribution in [1.82, 2.24) is 24.5 Å². The molecule has 0 saturated heterocycles. The Kier molecular flexibility index (Phi) is 5.25. The lowest BCUT2D eigenvalue weighted by molar-refractivity contribution is 0.165. The Balaban J connectivity index is 1.62. The summed E-state index contributed by atoms with van der Waals surface area (Å²) in [6, 6.07) is 0.272. The van der Waals surface area contributed by atoms with Gasteiger partial charge in [-0.25, -0.2) is 9.37 Å². The molecule has 0 bridgehead atoms. The number of hydrogen-bond donors (Lipinski definition) is 3. The number of imidazole rings is 1. The topological polar surface area (TPSA) is 101 Å². The average molecular weight is 387 g/mol. The normalized spacial score (nSPS) is 22.3. The van der Waals surface area contributed by atoms with Crippen LogP contribution >= 0.6 is 0 Å². The first-order valence-corrected chi connectivity index (χ1v) is 9.85. The Morgan fingerprint density at radius 3 is 2.86 bits per heavy atom. The van der Waals surface area contributed by atoms with Crippen molar-refractivity contribution in [3.63, 3.8) is 0 Å². The zero-order chi connectivity index (χ0) is 19.7. The number of aromatic nitrogens is 5. The maximum atomic E-state index is 14.5. The van der Waals surface area contributed by atoms with Crippen molar-refractivity contribution < 1.29 is 9.50 Å². The predicted molar refractivity (Wildman–Crippen MR) is 104 cm³/mol. The van der Waals surface area contributed by atoms with Crippen molar-refractivity contribution >= 4 is 17.5 Å². The largest absolute Gasteiger partial charge is 0.386 e. The van der Waals surface area contributed by atoms with Gasteiger partial charge in [0.15, 0.2) is 5.82 Å². The smallest absolute Gasteiger partial charge is 0.228 e. The van der Waals surface area contributed by atoms with Crippen LogP contribution in [0.2, 0.25) is 0 Å². The van der Waals surface area contributed by atoms with E-state index in [0.29, 0.717) is 36.7 Å². The second kappa shape index (κ2) is 7.83. The first-order valence-electron chi connectivity index (χ1n) is 9.85. The van der Waals surface area contributed by atoms with Gasteiger partial charge in [0.05, 0.1) is 0 Å². The minimum Gasteiger partial charge on any atom is -0.386 e. The third-order valence-electron chi connectivity index (χ3n) is 5.09. The lowest BCUT2D eigenvalue weighted by atomic mass is 9.96. The van der Waals surface area contributed by atoms with Gasteiger partial charge in [0.1, 0.15) is 17.8 Å². The molecule has 0 aromatic carbocycles. The van der Waals surface area contributed by atoms with Crippen LogP contribution in [0.1, 0.15) is 51.2 Å². The Morgan fingerprint density at radius 1 is 1.21 bits per heavy atom. The Hall–Kier alpha value is -2.55. The number of hydrogen-bond acceptors (Lipinski definition) is 7. The summed E-state index contributed by atoms with van der Waals surface area (Å²) in [6.45, 7) is 4.86. The molecule has 0 amide bonds. The number of aliphatic hydroxyl groups is 1. The van der Waals surface area contributed by atoms with E-state index in [4.69, 9.17) is 0 Å². The number of allylic oxidation sites excluding steroid dienone is 1. The summed E-state index contributed by atoms with van der Waals surface area (Å²) in [5.41, 5.74) is 0.371. The first kappa shape index (κ1) is 18.8. The monoisotopic (exact) mass is 387 g/mol. The molecule has 1 aliphatic carbocycles. The Morgan fingerprint density at radius 2 is 2.04 bits per heavy atom. The third-order valence-corrected chi connectivity index (χ3v) is 5.09. The molecule has 8 nitrogen and oxygen atoms in total. The molecule has 0 radical (unpaired) electrons. The maximum absolute atomic E-state index is 14.5. The molecule has 3 heterocycles. The minimum absolute atomic E-state index is 0.126. The zero-order valence-electron chi connectivity index (χ0n) is 16.2. The van der Waals surface area contributed by atoms with E-state index in [1.54, 1.807) is 0 Å². The molecular formula is C19H26FN7O. The molecule has 1 aliphatic heterocycles. The minimum atomic E-state index is -1.07. The molecule has 28 heavy (non-hydrogen) atoms. The molecule has 2 aliphatic rings. The van der Waals surface area contributed by atoms with Crippen LogP contribution in [0.3, 0.4) is 0 Å². The zero-order valence-corrected chi connectivity index (χ0v) is 16.2. The van der Waals surface area contributed by atoms with Gasteiger partial charge in [-0.2, -0.15) is 15.0 Å². The van der Waals surface area contributed by atoms with Crippen molar-refractivity contribution in [2.75, 3.05) is 10.6 Å². The van der Waals surface area contributed by atoms with Crippen LogP contribution < -0.4 is 10.6 Å². The van der Waals surface area contributed by atoms with Crippen molar-refractivity contribution in [2.45, 2.75) is 70.7 Å². The number of rotatable bonds is 5. The lowest BCUT2D eigenvalue weighted by Crippen LogP contribution is -2.31. The van der Waals surface area contributed by atoms with Crippen molar-refractivity contribution in [1.29, 1.82) is 0 Å². The van der Waals surface area contributed by atoms with E-state index in [1.807, 2.05) is 26.2 Å². The van der Waals surface area contributed by atoms with Crippen LogP contribution in [0.5, 0.6) is 0 Å². The van der Waals surface area contributed by atoms with Crippen molar-refractivity contribution in [3.8, 4) is 0 Å². The number of nitrogens with one attached hydrogen (secondary N) is 2. The second-order valence-corrected chi connectivity index (χ2v) is 7.71. The quantitative estimate of drug-likeness (QED) is 0.725. The first-order chi connectivity index (χ1) is 13.5. The summed E-state index contributed by atoms with van der Waals surface area (Å²) in [7, 11) is 0. The van der Waals surface area contributed by atoms with Crippen LogP contribution in [-0.4, -0.2) is 47.8 Å². The van der Waals surface area contributed by atoms with E-state index in [9.17, 15) is 9.50 Å². The van der Waals surface area contributed by atoms with Gasteiger partial charge in [0.2, 0.25) is 11.9 Å². The highest BCUT2D eigenvalue weighted by atomic mass is 19.1. The van der Waals surface area contributed by atoms with Gasteiger partial charge in [0, 0.05) is 43.0 Å². The van der Waals surface area contributed by atoms with Gasteiger partial charge in [-0.3, -0.25) is 0 Å². The molecule has 2 atom stereocenters. The van der Waals surface area contributed by atoms with Crippen LogP contribution in [0, 0.1) is 0 Å². The van der Waals surface area contributed by atoms with Crippen molar-refractivity contribution in [3.05, 3.63) is 29.9 Å². The van der Waals surface area contributed by atoms with E-state index in [-0.39, 0.29) is 17.9 Å². The fraction of sp³-hybridized carbons (Fsp3) is 0.579. The SMILES string of the molecule is CC(C)Nc1nc(NC2CCn3ccnc3C2)nc(C2=C(F)C(O)CCC2)n1. The number of anilines is 2. The van der Waals surface area contributed by atoms with Gasteiger partial charge in [0.25, 0.3) is 0 Å². The van der Waals surface area contributed by atoms with Crippen molar-refractivity contribution in [2.24, 2.45) is 0 Å². The number of fused-ring (bicyclic) bond motifs is 1. The number of halogens is 1. The van der Waals surface area contributed by atoms with E-state index >= 15 is 0 Å². The standard InChI is InChI=1S/C19H26FN7O/c1-11(2)22-18-24-17(13-4-3-5-14(28)16(13)20)25-19(26-18)23-12-6-8-27-9-7-21-15(27)10-12/h7,9,11-12,14,28H,3-6,8,10H2,1-2H3,(H2,22,23,24,25,26). The van der Waals surface area contributed by atoms with Gasteiger partial charge in [-0.1, -0.05) is 0 Å². The summed E-state index contributed by atoms with van der Waals surface area (Å²) < 4.78 is 16.7. The third kappa shape index (κ3) is 3.99. The fourth-order valence-corrected chi connectivity index (χ4v) is 3.69. The van der Waals surface area contributed by atoms with Crippen LogP contribution in [0.15, 0.2) is 18.2 Å². The molecule has 0 fully saturated rings. The predicted octanol–water partition coefficient (Wildman–Crippen LogP) is 2.54. The van der Waals surface area contributed by atoms with Gasteiger partial charge >= 0.3 is 0 Å². The van der Waals surface area contributed by atoms with Crippen LogP contribution in [0.4, 0.5) is 16.3 Å². The molecular weight excluding hydrogens is 361 g/mol. The highest BCUT2D eigenvalue weighted by Crippen LogP contribution is 2.32. The summed E-state index contributed by atoms with van der Waals surface area (Å²) in [6.07, 6.45) is 6.07. The van der Waals surface area contributed by atoms with E-state index in [2.05, 4.69) is 35.1 Å².